The van der Waals surface area contributed by atoms with Crippen LogP contribution in [0.1, 0.15) is 62.9 Å². The molecule has 1 atom stereocenters. The molecule has 0 bridgehead atoms. The molecule has 158 valence electrons. The van der Waals surface area contributed by atoms with Crippen LogP contribution in [-0.2, 0) is 9.53 Å². The molecule has 1 N–H and O–H groups in total. The lowest BCUT2D eigenvalue weighted by Crippen LogP contribution is -2.69. The first-order valence-electron chi connectivity index (χ1n) is 10.2. The van der Waals surface area contributed by atoms with Gasteiger partial charge < -0.3 is 19.9 Å². The largest absolute Gasteiger partial charge is 0.444 e. The molecule has 3 amide bonds. The van der Waals surface area contributed by atoms with Crippen LogP contribution in [0.15, 0.2) is 18.2 Å². The van der Waals surface area contributed by atoms with Crippen molar-refractivity contribution in [3.05, 3.63) is 29.3 Å². The highest BCUT2D eigenvalue weighted by molar-refractivity contribution is 5.98. The summed E-state index contributed by atoms with van der Waals surface area (Å²) < 4.78 is 5.53. The predicted molar refractivity (Wildman–Crippen MR) is 111 cm³/mol. The molecule has 0 aromatic heterocycles. The number of amides is 3. The number of benzene rings is 1. The Kier molecular flexibility index (Phi) is 5.61. The quantitative estimate of drug-likeness (QED) is 0.822. The van der Waals surface area contributed by atoms with Crippen LogP contribution >= 0.6 is 0 Å². The second-order valence-corrected chi connectivity index (χ2v) is 9.15. The van der Waals surface area contributed by atoms with Crippen molar-refractivity contribution in [1.29, 1.82) is 0 Å². The molecule has 2 aliphatic rings. The molecule has 3 rings (SSSR count). The number of likely N-dealkylation sites (tertiary alicyclic amines) is 2. The molecular weight excluding hydrogens is 370 g/mol. The van der Waals surface area contributed by atoms with E-state index in [1.807, 2.05) is 38.7 Å². The SMILES string of the molecule is CC(=O)Nc1cc(C(=O)N2CCC23CCCN(C(=O)OC(C)(C)C)C3)ccc1C. The summed E-state index contributed by atoms with van der Waals surface area (Å²) in [4.78, 5) is 40.8. The van der Waals surface area contributed by atoms with E-state index in [0.29, 0.717) is 30.9 Å². The zero-order valence-electron chi connectivity index (χ0n) is 18.0. The first-order chi connectivity index (χ1) is 13.5. The molecule has 2 aliphatic heterocycles. The number of anilines is 1. The van der Waals surface area contributed by atoms with Crippen molar-refractivity contribution in [3.63, 3.8) is 0 Å². The van der Waals surface area contributed by atoms with Crippen molar-refractivity contribution in [2.24, 2.45) is 0 Å². The van der Waals surface area contributed by atoms with Crippen molar-refractivity contribution in [1.82, 2.24) is 9.80 Å². The minimum Gasteiger partial charge on any atom is -0.444 e. The molecule has 2 heterocycles. The molecule has 0 saturated carbocycles. The van der Waals surface area contributed by atoms with Gasteiger partial charge in [-0.3, -0.25) is 9.59 Å². The maximum Gasteiger partial charge on any atom is 0.410 e. The molecule has 0 radical (unpaired) electrons. The summed E-state index contributed by atoms with van der Waals surface area (Å²) in [5, 5.41) is 2.78. The number of nitrogens with one attached hydrogen (secondary N) is 1. The molecule has 7 heteroatoms. The van der Waals surface area contributed by atoms with Gasteiger partial charge in [0.15, 0.2) is 0 Å². The predicted octanol–water partition coefficient (Wildman–Crippen LogP) is 3.57. The molecule has 2 fully saturated rings. The van der Waals surface area contributed by atoms with Gasteiger partial charge in [0.2, 0.25) is 5.91 Å². The van der Waals surface area contributed by atoms with Crippen LogP contribution in [0.5, 0.6) is 0 Å². The number of carbonyl (C=O) groups is 3. The summed E-state index contributed by atoms with van der Waals surface area (Å²) in [5.74, 6) is -0.229. The maximum absolute atomic E-state index is 13.2. The number of piperidine rings is 1. The normalized spacial score (nSPS) is 21.6. The van der Waals surface area contributed by atoms with Crippen molar-refractivity contribution in [2.45, 2.75) is 65.0 Å². The fourth-order valence-corrected chi connectivity index (χ4v) is 4.11. The van der Waals surface area contributed by atoms with Gasteiger partial charge in [-0.15, -0.1) is 0 Å². The third-order valence-electron chi connectivity index (χ3n) is 5.62. The third-order valence-corrected chi connectivity index (χ3v) is 5.62. The molecule has 1 unspecified atom stereocenters. The molecule has 7 nitrogen and oxygen atoms in total. The van der Waals surface area contributed by atoms with Crippen molar-refractivity contribution < 1.29 is 19.1 Å². The Labute approximate surface area is 172 Å². The number of nitrogens with zero attached hydrogens (tertiary/aromatic N) is 2. The van der Waals surface area contributed by atoms with Gasteiger partial charge in [0.25, 0.3) is 5.91 Å². The summed E-state index contributed by atoms with van der Waals surface area (Å²) in [6.45, 7) is 10.7. The van der Waals surface area contributed by atoms with Crippen LogP contribution in [0.25, 0.3) is 0 Å². The van der Waals surface area contributed by atoms with E-state index in [1.54, 1.807) is 17.0 Å². The first-order valence-corrected chi connectivity index (χ1v) is 10.2. The second kappa shape index (κ2) is 7.69. The minimum atomic E-state index is -0.543. The average Bonchev–Trinajstić information content (AvgIpc) is 2.61. The Hall–Kier alpha value is -2.57. The van der Waals surface area contributed by atoms with Crippen LogP contribution in [0.2, 0.25) is 0 Å². The molecule has 1 aromatic carbocycles. The van der Waals surface area contributed by atoms with E-state index in [2.05, 4.69) is 5.32 Å². The molecule has 1 spiro atoms. The smallest absolute Gasteiger partial charge is 0.410 e. The summed E-state index contributed by atoms with van der Waals surface area (Å²) in [7, 11) is 0. The lowest BCUT2D eigenvalue weighted by Gasteiger charge is -2.56. The number of carbonyl (C=O) groups excluding carboxylic acids is 3. The van der Waals surface area contributed by atoms with E-state index in [0.717, 1.165) is 24.8 Å². The van der Waals surface area contributed by atoms with Gasteiger partial charge >= 0.3 is 6.09 Å². The average molecular weight is 402 g/mol. The van der Waals surface area contributed by atoms with Crippen LogP contribution in [0.4, 0.5) is 10.5 Å². The van der Waals surface area contributed by atoms with E-state index >= 15 is 0 Å². The Morgan fingerprint density at radius 1 is 1.14 bits per heavy atom. The van der Waals surface area contributed by atoms with Crippen molar-refractivity contribution >= 4 is 23.6 Å². The molecular formula is C22H31N3O4. The number of rotatable bonds is 2. The molecule has 0 aliphatic carbocycles. The van der Waals surface area contributed by atoms with E-state index < -0.39 is 5.60 Å². The van der Waals surface area contributed by atoms with Crippen LogP contribution < -0.4 is 5.32 Å². The Morgan fingerprint density at radius 3 is 2.45 bits per heavy atom. The van der Waals surface area contributed by atoms with Crippen molar-refractivity contribution in [3.8, 4) is 0 Å². The van der Waals surface area contributed by atoms with E-state index in [1.165, 1.54) is 6.92 Å². The van der Waals surface area contributed by atoms with Gasteiger partial charge in [0, 0.05) is 37.8 Å². The number of aryl methyl sites for hydroxylation is 1. The second-order valence-electron chi connectivity index (χ2n) is 9.15. The minimum absolute atomic E-state index is 0.0612. The van der Waals surface area contributed by atoms with E-state index in [9.17, 15) is 14.4 Å². The number of hydrogen-bond acceptors (Lipinski definition) is 4. The van der Waals surface area contributed by atoms with Gasteiger partial charge in [0.05, 0.1) is 5.54 Å². The lowest BCUT2D eigenvalue weighted by atomic mass is 9.77. The fraction of sp³-hybridized carbons (Fsp3) is 0.591. The molecule has 1 aromatic rings. The zero-order chi connectivity index (χ0) is 21.4. The fourth-order valence-electron chi connectivity index (χ4n) is 4.11. The highest BCUT2D eigenvalue weighted by Crippen LogP contribution is 2.40. The Bertz CT molecular complexity index is 830. The standard InChI is InChI=1S/C22H31N3O4/c1-15-7-8-17(13-18(15)23-16(2)26)19(27)25-12-10-22(25)9-6-11-24(14-22)20(28)29-21(3,4)5/h7-8,13H,6,9-12,14H2,1-5H3,(H,23,26). The van der Waals surface area contributed by atoms with E-state index in [-0.39, 0.29) is 23.4 Å². The summed E-state index contributed by atoms with van der Waals surface area (Å²) in [6, 6.07) is 5.38. The summed E-state index contributed by atoms with van der Waals surface area (Å²) in [6.07, 6.45) is 2.28. The highest BCUT2D eigenvalue weighted by atomic mass is 16.6. The van der Waals surface area contributed by atoms with Crippen molar-refractivity contribution in [2.75, 3.05) is 25.0 Å². The summed E-state index contributed by atoms with van der Waals surface area (Å²) in [5.41, 5.74) is 1.23. The van der Waals surface area contributed by atoms with E-state index in [4.69, 9.17) is 4.74 Å². The topological polar surface area (TPSA) is 79.0 Å². The van der Waals surface area contributed by atoms with Gasteiger partial charge in [-0.2, -0.15) is 0 Å². The van der Waals surface area contributed by atoms with Gasteiger partial charge in [0.1, 0.15) is 5.60 Å². The molecule has 29 heavy (non-hydrogen) atoms. The van der Waals surface area contributed by atoms with Crippen LogP contribution in [0, 0.1) is 6.92 Å². The van der Waals surface area contributed by atoms with Gasteiger partial charge in [-0.05, 0) is 64.7 Å². The Balaban J connectivity index is 1.76. The summed E-state index contributed by atoms with van der Waals surface area (Å²) >= 11 is 0. The maximum atomic E-state index is 13.2. The Morgan fingerprint density at radius 2 is 1.86 bits per heavy atom. The lowest BCUT2D eigenvalue weighted by molar-refractivity contribution is -0.114. The van der Waals surface area contributed by atoms with Gasteiger partial charge in [-0.25, -0.2) is 4.79 Å². The van der Waals surface area contributed by atoms with Crippen LogP contribution in [0.3, 0.4) is 0 Å². The first kappa shape index (κ1) is 21.1. The van der Waals surface area contributed by atoms with Crippen LogP contribution in [-0.4, -0.2) is 58.5 Å². The van der Waals surface area contributed by atoms with Gasteiger partial charge in [-0.1, -0.05) is 6.07 Å². The third kappa shape index (κ3) is 4.54. The highest BCUT2D eigenvalue weighted by Gasteiger charge is 2.50. The zero-order valence-corrected chi connectivity index (χ0v) is 18.0. The number of hydrogen-bond donors (Lipinski definition) is 1. The number of ether oxygens (including phenoxy) is 1. The molecule has 2 saturated heterocycles. The monoisotopic (exact) mass is 401 g/mol.